The molecule has 0 N–H and O–H groups in total. The van der Waals surface area contributed by atoms with Gasteiger partial charge in [0.25, 0.3) is 0 Å². The molecule has 43 heavy (non-hydrogen) atoms. The van der Waals surface area contributed by atoms with Gasteiger partial charge >= 0.3 is 0 Å². The van der Waals surface area contributed by atoms with Gasteiger partial charge in [0.1, 0.15) is 0 Å². The summed E-state index contributed by atoms with van der Waals surface area (Å²) in [6.45, 7) is 0. The fourth-order valence-corrected chi connectivity index (χ4v) is 5.66. The van der Waals surface area contributed by atoms with Crippen LogP contribution in [-0.4, -0.2) is 12.1 Å². The summed E-state index contributed by atoms with van der Waals surface area (Å²) in [5.41, 5.74) is 4.94. The summed E-state index contributed by atoms with van der Waals surface area (Å²) < 4.78 is 0. The molecule has 0 spiro atoms. The van der Waals surface area contributed by atoms with E-state index in [1.165, 1.54) is 27.6 Å². The van der Waals surface area contributed by atoms with E-state index in [1.54, 1.807) is 30.3 Å². The number of hydrogen-bond acceptors (Lipinski definition) is 3. The fourth-order valence-electron chi connectivity index (χ4n) is 5.66. The maximum atomic E-state index is 12.8. The molecule has 0 aliphatic heterocycles. The lowest BCUT2D eigenvalue weighted by molar-refractivity contribution is 0.103. The van der Waals surface area contributed by atoms with Crippen molar-refractivity contribution in [3.8, 4) is 0 Å². The number of aldehydes is 1. The van der Waals surface area contributed by atoms with E-state index >= 15 is 0 Å². The van der Waals surface area contributed by atoms with Gasteiger partial charge in [0.15, 0.2) is 12.1 Å². The lowest BCUT2D eigenvalue weighted by Crippen LogP contribution is -2.10. The number of nitrogens with zero attached hydrogens (tertiary/aromatic N) is 1. The summed E-state index contributed by atoms with van der Waals surface area (Å²) in [5, 5.41) is 6.96. The molecule has 0 atom stereocenters. The van der Waals surface area contributed by atoms with E-state index in [9.17, 15) is 9.59 Å². The van der Waals surface area contributed by atoms with Crippen LogP contribution < -0.4 is 4.90 Å². The predicted molar refractivity (Wildman–Crippen MR) is 179 cm³/mol. The van der Waals surface area contributed by atoms with Crippen molar-refractivity contribution < 1.29 is 9.59 Å². The summed E-state index contributed by atoms with van der Waals surface area (Å²) in [6.07, 6.45) is 4.04. The number of ketones is 1. The van der Waals surface area contributed by atoms with Crippen LogP contribution in [0.5, 0.6) is 0 Å². The predicted octanol–water partition coefficient (Wildman–Crippen LogP) is 10.3. The van der Waals surface area contributed by atoms with Crippen LogP contribution in [0.15, 0.2) is 152 Å². The second kappa shape index (κ2) is 11.2. The van der Waals surface area contributed by atoms with Crippen molar-refractivity contribution in [2.24, 2.45) is 0 Å². The average Bonchev–Trinajstić information content (AvgIpc) is 3.07. The second-order valence-corrected chi connectivity index (χ2v) is 10.6. The van der Waals surface area contributed by atoms with Crippen LogP contribution in [0, 0.1) is 0 Å². The SMILES string of the molecule is O=Cc1ccccc1C(=O)/C=C\c1ccc2cc(N(c3ccc4ccccc4c3)c3ccc4ccccc4c3)ccc2c1. The summed E-state index contributed by atoms with van der Waals surface area (Å²) in [5.74, 6) is -0.195. The Labute approximate surface area is 250 Å². The van der Waals surface area contributed by atoms with Gasteiger partial charge in [0.05, 0.1) is 0 Å². The van der Waals surface area contributed by atoms with Crippen LogP contribution in [0.3, 0.4) is 0 Å². The van der Waals surface area contributed by atoms with Crippen LogP contribution in [0.4, 0.5) is 17.1 Å². The average molecular weight is 554 g/mol. The first-order valence-electron chi connectivity index (χ1n) is 14.2. The van der Waals surface area contributed by atoms with E-state index in [-0.39, 0.29) is 5.78 Å². The molecular formula is C40H27NO2. The quantitative estimate of drug-likeness (QED) is 0.112. The van der Waals surface area contributed by atoms with Crippen LogP contribution in [-0.2, 0) is 0 Å². The molecule has 0 saturated carbocycles. The molecule has 0 unspecified atom stereocenters. The number of benzene rings is 7. The van der Waals surface area contributed by atoms with Crippen molar-refractivity contribution in [2.75, 3.05) is 4.90 Å². The van der Waals surface area contributed by atoms with Gasteiger partial charge in [-0.2, -0.15) is 0 Å². The van der Waals surface area contributed by atoms with E-state index in [1.807, 2.05) is 6.07 Å². The third-order valence-corrected chi connectivity index (χ3v) is 7.87. The topological polar surface area (TPSA) is 37.4 Å². The van der Waals surface area contributed by atoms with Crippen molar-refractivity contribution in [3.63, 3.8) is 0 Å². The van der Waals surface area contributed by atoms with Crippen LogP contribution in [0.2, 0.25) is 0 Å². The van der Waals surface area contributed by atoms with Crippen molar-refractivity contribution in [2.45, 2.75) is 0 Å². The standard InChI is InChI=1S/C40H27NO2/c42-27-35-11-5-6-12-39(35)40(43)22-14-28-13-15-34-26-38(21-18-33(34)23-28)41(36-19-16-29-7-1-3-9-31(29)24-36)37-20-17-30-8-2-4-10-32(30)25-37/h1-27H/b22-14-. The van der Waals surface area contributed by atoms with Crippen LogP contribution in [0.1, 0.15) is 26.3 Å². The third-order valence-electron chi connectivity index (χ3n) is 7.87. The molecule has 0 bridgehead atoms. The van der Waals surface area contributed by atoms with E-state index in [4.69, 9.17) is 0 Å². The summed E-state index contributed by atoms with van der Waals surface area (Å²) in [7, 11) is 0. The van der Waals surface area contributed by atoms with Gasteiger partial charge in [0.2, 0.25) is 0 Å². The molecule has 3 nitrogen and oxygen atoms in total. The zero-order valence-corrected chi connectivity index (χ0v) is 23.4. The summed E-state index contributed by atoms with van der Waals surface area (Å²) >= 11 is 0. The molecule has 3 heteroatoms. The van der Waals surface area contributed by atoms with Crippen molar-refractivity contribution in [1.82, 2.24) is 0 Å². The number of anilines is 3. The Bertz CT molecular complexity index is 2110. The first-order valence-corrected chi connectivity index (χ1v) is 14.2. The number of carbonyl (C=O) groups is 2. The zero-order valence-electron chi connectivity index (χ0n) is 23.4. The van der Waals surface area contributed by atoms with Crippen molar-refractivity contribution in [3.05, 3.63) is 168 Å². The lowest BCUT2D eigenvalue weighted by atomic mass is 10.0. The first-order chi connectivity index (χ1) is 21.2. The van der Waals surface area contributed by atoms with Gasteiger partial charge in [-0.15, -0.1) is 0 Å². The molecule has 7 aromatic carbocycles. The Morgan fingerprint density at radius 3 is 1.56 bits per heavy atom. The largest absolute Gasteiger partial charge is 0.310 e. The summed E-state index contributed by atoms with van der Waals surface area (Å²) in [6, 6.07) is 49.5. The maximum Gasteiger partial charge on any atom is 0.186 e. The maximum absolute atomic E-state index is 12.8. The summed E-state index contributed by atoms with van der Waals surface area (Å²) in [4.78, 5) is 26.4. The Balaban J connectivity index is 1.27. The molecule has 0 saturated heterocycles. The molecular weight excluding hydrogens is 526 g/mol. The Hall–Kier alpha value is -5.80. The Kier molecular flexibility index (Phi) is 6.82. The van der Waals surface area contributed by atoms with Gasteiger partial charge in [-0.25, -0.2) is 0 Å². The zero-order chi connectivity index (χ0) is 29.2. The van der Waals surface area contributed by atoms with E-state index in [2.05, 4.69) is 120 Å². The van der Waals surface area contributed by atoms with Gasteiger partial charge in [-0.05, 0) is 86.4 Å². The smallest absolute Gasteiger partial charge is 0.186 e. The second-order valence-electron chi connectivity index (χ2n) is 10.6. The minimum Gasteiger partial charge on any atom is -0.310 e. The Morgan fingerprint density at radius 2 is 0.953 bits per heavy atom. The molecule has 0 aliphatic rings. The van der Waals surface area contributed by atoms with Crippen molar-refractivity contribution >= 4 is 67.5 Å². The van der Waals surface area contributed by atoms with Crippen LogP contribution >= 0.6 is 0 Å². The third kappa shape index (κ3) is 5.20. The molecule has 204 valence electrons. The molecule has 0 aromatic heterocycles. The molecule has 0 heterocycles. The molecule has 0 aliphatic carbocycles. The molecule has 7 rings (SSSR count). The van der Waals surface area contributed by atoms with Crippen molar-refractivity contribution in [1.29, 1.82) is 0 Å². The number of fused-ring (bicyclic) bond motifs is 3. The first kappa shape index (κ1) is 26.1. The number of allylic oxidation sites excluding steroid dienone is 1. The van der Waals surface area contributed by atoms with Gasteiger partial charge < -0.3 is 4.90 Å². The van der Waals surface area contributed by atoms with Gasteiger partial charge in [-0.1, -0.05) is 109 Å². The van der Waals surface area contributed by atoms with Gasteiger partial charge in [-0.3, -0.25) is 9.59 Å². The molecule has 0 radical (unpaired) electrons. The Morgan fingerprint density at radius 1 is 0.488 bits per heavy atom. The van der Waals surface area contributed by atoms with E-state index in [0.29, 0.717) is 17.4 Å². The number of rotatable bonds is 7. The molecule has 0 amide bonds. The number of carbonyl (C=O) groups excluding carboxylic acids is 2. The minimum atomic E-state index is -0.195. The highest BCUT2D eigenvalue weighted by Gasteiger charge is 2.15. The normalized spacial score (nSPS) is 11.3. The highest BCUT2D eigenvalue weighted by Crippen LogP contribution is 2.38. The molecule has 7 aromatic rings. The monoisotopic (exact) mass is 553 g/mol. The minimum absolute atomic E-state index is 0.195. The highest BCUT2D eigenvalue weighted by atomic mass is 16.1. The lowest BCUT2D eigenvalue weighted by Gasteiger charge is -2.26. The highest BCUT2D eigenvalue weighted by molar-refractivity contribution is 6.11. The van der Waals surface area contributed by atoms with Crippen LogP contribution in [0.25, 0.3) is 38.4 Å². The fraction of sp³-hybridized carbons (Fsp3) is 0. The van der Waals surface area contributed by atoms with E-state index in [0.717, 1.165) is 33.4 Å². The van der Waals surface area contributed by atoms with Gasteiger partial charge in [0, 0.05) is 28.2 Å². The van der Waals surface area contributed by atoms with E-state index < -0.39 is 0 Å². The molecule has 0 fully saturated rings. The number of hydrogen-bond donors (Lipinski definition) is 0.